The van der Waals surface area contributed by atoms with Crippen molar-refractivity contribution in [2.75, 3.05) is 0 Å². The van der Waals surface area contributed by atoms with Crippen LogP contribution in [0.4, 0.5) is 0 Å². The molecule has 0 bridgehead atoms. The highest BCUT2D eigenvalue weighted by atomic mass is 16.3. The molecule has 0 aromatic heterocycles. The molecule has 0 radical (unpaired) electrons. The van der Waals surface area contributed by atoms with Gasteiger partial charge in [-0.25, -0.2) is 0 Å². The van der Waals surface area contributed by atoms with E-state index in [1.54, 1.807) is 0 Å². The number of rotatable bonds is 4. The second kappa shape index (κ2) is 5.88. The van der Waals surface area contributed by atoms with Crippen molar-refractivity contribution in [3.8, 4) is 0 Å². The molecule has 1 nitrogen and oxygen atoms in total. The fourth-order valence-corrected chi connectivity index (χ4v) is 3.24. The third-order valence-electron chi connectivity index (χ3n) is 4.46. The van der Waals surface area contributed by atoms with E-state index in [1.165, 1.54) is 30.4 Å². The highest BCUT2D eigenvalue weighted by Gasteiger charge is 2.33. The zero-order valence-corrected chi connectivity index (χ0v) is 11.8. The Morgan fingerprint density at radius 3 is 2.44 bits per heavy atom. The second-order valence-corrected chi connectivity index (χ2v) is 5.94. The molecule has 1 aromatic carbocycles. The number of hydrogen-bond donors (Lipinski definition) is 1. The molecule has 2 unspecified atom stereocenters. The lowest BCUT2D eigenvalue weighted by Gasteiger charge is -2.36. The van der Waals surface area contributed by atoms with Crippen molar-refractivity contribution >= 4 is 0 Å². The van der Waals surface area contributed by atoms with Gasteiger partial charge in [0.1, 0.15) is 0 Å². The van der Waals surface area contributed by atoms with Crippen LogP contribution in [0.5, 0.6) is 0 Å². The lowest BCUT2D eigenvalue weighted by atomic mass is 9.74. The largest absolute Gasteiger partial charge is 0.390 e. The number of benzene rings is 1. The molecule has 1 fully saturated rings. The van der Waals surface area contributed by atoms with Gasteiger partial charge in [0.15, 0.2) is 0 Å². The molecule has 0 heterocycles. The Kier molecular flexibility index (Phi) is 4.45. The molecule has 1 N–H and O–H groups in total. The van der Waals surface area contributed by atoms with E-state index < -0.39 is 5.60 Å². The van der Waals surface area contributed by atoms with E-state index in [9.17, 15) is 5.11 Å². The molecule has 1 aliphatic rings. The summed E-state index contributed by atoms with van der Waals surface area (Å²) in [6.07, 6.45) is 7.56. The van der Waals surface area contributed by atoms with Gasteiger partial charge < -0.3 is 5.11 Å². The maximum atomic E-state index is 10.8. The van der Waals surface area contributed by atoms with Gasteiger partial charge in [-0.15, -0.1) is 0 Å². The Labute approximate surface area is 111 Å². The second-order valence-electron chi connectivity index (χ2n) is 5.94. The molecule has 18 heavy (non-hydrogen) atoms. The zero-order valence-electron chi connectivity index (χ0n) is 11.8. The van der Waals surface area contributed by atoms with Crippen molar-refractivity contribution < 1.29 is 5.11 Å². The minimum Gasteiger partial charge on any atom is -0.390 e. The first-order valence-electron chi connectivity index (χ1n) is 7.45. The summed E-state index contributed by atoms with van der Waals surface area (Å²) in [6, 6.07) is 8.76. The molecule has 0 saturated heterocycles. The smallest absolute Gasteiger partial charge is 0.0690 e. The van der Waals surface area contributed by atoms with Crippen molar-refractivity contribution in [2.24, 2.45) is 5.92 Å². The van der Waals surface area contributed by atoms with Gasteiger partial charge >= 0.3 is 0 Å². The first-order chi connectivity index (χ1) is 8.65. The van der Waals surface area contributed by atoms with Crippen LogP contribution in [-0.2, 0) is 12.8 Å². The van der Waals surface area contributed by atoms with Gasteiger partial charge in [0, 0.05) is 6.42 Å². The summed E-state index contributed by atoms with van der Waals surface area (Å²) in [5.41, 5.74) is 2.21. The third kappa shape index (κ3) is 3.35. The quantitative estimate of drug-likeness (QED) is 0.847. The van der Waals surface area contributed by atoms with E-state index in [-0.39, 0.29) is 0 Å². The molecular weight excluding hydrogens is 220 g/mol. The molecule has 1 heteroatoms. The predicted octanol–water partition coefficient (Wildman–Crippen LogP) is 4.12. The number of aliphatic hydroxyl groups is 1. The van der Waals surface area contributed by atoms with Crippen molar-refractivity contribution in [3.63, 3.8) is 0 Å². The molecule has 1 saturated carbocycles. The Balaban J connectivity index is 2.02. The first-order valence-corrected chi connectivity index (χ1v) is 7.45. The summed E-state index contributed by atoms with van der Waals surface area (Å²) in [4.78, 5) is 0. The van der Waals surface area contributed by atoms with Gasteiger partial charge in [0.25, 0.3) is 0 Å². The van der Waals surface area contributed by atoms with Crippen LogP contribution in [0, 0.1) is 5.92 Å². The highest BCUT2D eigenvalue weighted by molar-refractivity contribution is 5.24. The van der Waals surface area contributed by atoms with Gasteiger partial charge in [0.05, 0.1) is 5.60 Å². The van der Waals surface area contributed by atoms with E-state index in [0.717, 1.165) is 31.6 Å². The fraction of sp³-hybridized carbons (Fsp3) is 0.647. The van der Waals surface area contributed by atoms with Gasteiger partial charge in [-0.1, -0.05) is 57.4 Å². The molecule has 2 rings (SSSR count). The van der Waals surface area contributed by atoms with Crippen LogP contribution in [0.25, 0.3) is 0 Å². The van der Waals surface area contributed by atoms with Crippen LogP contribution in [0.15, 0.2) is 24.3 Å². The van der Waals surface area contributed by atoms with E-state index in [0.29, 0.717) is 0 Å². The van der Waals surface area contributed by atoms with E-state index >= 15 is 0 Å². The lowest BCUT2D eigenvalue weighted by Crippen LogP contribution is -2.37. The predicted molar refractivity (Wildman–Crippen MR) is 76.7 cm³/mol. The van der Waals surface area contributed by atoms with Gasteiger partial charge in [-0.2, -0.15) is 0 Å². The zero-order chi connectivity index (χ0) is 13.0. The standard InChI is InChI=1S/C17H26O/c1-3-14-7-9-16(10-8-14)13-17(18)11-5-6-15(4-2)12-17/h7-10,15,18H,3-6,11-13H2,1-2H3. The van der Waals surface area contributed by atoms with Crippen molar-refractivity contribution in [1.29, 1.82) is 0 Å². The molecule has 1 aromatic rings. The maximum absolute atomic E-state index is 10.8. The first kappa shape index (κ1) is 13.6. The molecule has 2 atom stereocenters. The Hall–Kier alpha value is -0.820. The van der Waals surface area contributed by atoms with Crippen LogP contribution in [-0.4, -0.2) is 10.7 Å². The van der Waals surface area contributed by atoms with Crippen molar-refractivity contribution in [1.82, 2.24) is 0 Å². The fourth-order valence-electron chi connectivity index (χ4n) is 3.24. The summed E-state index contributed by atoms with van der Waals surface area (Å²) in [7, 11) is 0. The topological polar surface area (TPSA) is 20.2 Å². The van der Waals surface area contributed by atoms with Crippen LogP contribution >= 0.6 is 0 Å². The number of hydrogen-bond acceptors (Lipinski definition) is 1. The van der Waals surface area contributed by atoms with E-state index in [1.807, 2.05) is 0 Å². The minimum absolute atomic E-state index is 0.452. The third-order valence-corrected chi connectivity index (χ3v) is 4.46. The Morgan fingerprint density at radius 1 is 1.17 bits per heavy atom. The molecule has 0 amide bonds. The Bertz CT molecular complexity index is 368. The summed E-state index contributed by atoms with van der Waals surface area (Å²) in [5, 5.41) is 10.8. The van der Waals surface area contributed by atoms with Gasteiger partial charge in [-0.05, 0) is 36.3 Å². The Morgan fingerprint density at radius 2 is 1.83 bits per heavy atom. The van der Waals surface area contributed by atoms with E-state index in [2.05, 4.69) is 38.1 Å². The monoisotopic (exact) mass is 246 g/mol. The molecule has 1 aliphatic carbocycles. The summed E-state index contributed by atoms with van der Waals surface area (Å²) >= 11 is 0. The summed E-state index contributed by atoms with van der Waals surface area (Å²) in [5.74, 6) is 0.721. The van der Waals surface area contributed by atoms with Crippen molar-refractivity contribution in [3.05, 3.63) is 35.4 Å². The van der Waals surface area contributed by atoms with Gasteiger partial charge in [0.2, 0.25) is 0 Å². The number of aryl methyl sites for hydroxylation is 1. The van der Waals surface area contributed by atoms with Crippen LogP contribution in [0.1, 0.15) is 57.1 Å². The minimum atomic E-state index is -0.452. The molecule has 0 aliphatic heterocycles. The molecular formula is C17H26O. The molecule has 0 spiro atoms. The highest BCUT2D eigenvalue weighted by Crippen LogP contribution is 2.36. The van der Waals surface area contributed by atoms with Crippen LogP contribution < -0.4 is 0 Å². The summed E-state index contributed by atoms with van der Waals surface area (Å²) in [6.45, 7) is 4.42. The summed E-state index contributed by atoms with van der Waals surface area (Å²) < 4.78 is 0. The SMILES string of the molecule is CCc1ccc(CC2(O)CCCC(CC)C2)cc1. The van der Waals surface area contributed by atoms with E-state index in [4.69, 9.17) is 0 Å². The maximum Gasteiger partial charge on any atom is 0.0690 e. The van der Waals surface area contributed by atoms with Crippen molar-refractivity contribution in [2.45, 2.75) is 64.4 Å². The van der Waals surface area contributed by atoms with Crippen LogP contribution in [0.3, 0.4) is 0 Å². The average molecular weight is 246 g/mol. The van der Waals surface area contributed by atoms with Crippen LogP contribution in [0.2, 0.25) is 0 Å². The lowest BCUT2D eigenvalue weighted by molar-refractivity contribution is -0.0161. The van der Waals surface area contributed by atoms with Gasteiger partial charge in [-0.3, -0.25) is 0 Å². The molecule has 100 valence electrons. The normalized spacial score (nSPS) is 28.3. The average Bonchev–Trinajstić information content (AvgIpc) is 2.39.